The van der Waals surface area contributed by atoms with Crippen LogP contribution in [0.3, 0.4) is 0 Å². The van der Waals surface area contributed by atoms with Crippen LogP contribution in [0.2, 0.25) is 0 Å². The number of carbonyl (C=O) groups is 2. The minimum absolute atomic E-state index is 0.0626. The molecule has 1 N–H and O–H groups in total. The molecule has 0 saturated carbocycles. The van der Waals surface area contributed by atoms with Crippen molar-refractivity contribution in [1.29, 1.82) is 0 Å². The number of piperidine rings is 1. The molecule has 2 aliphatic heterocycles. The lowest BCUT2D eigenvalue weighted by molar-refractivity contribution is -0.188. The minimum Gasteiger partial charge on any atom is -0.444 e. The van der Waals surface area contributed by atoms with Crippen LogP contribution in [0.15, 0.2) is 0 Å². The molecule has 2 heterocycles. The van der Waals surface area contributed by atoms with Gasteiger partial charge in [0.1, 0.15) is 11.6 Å². The van der Waals surface area contributed by atoms with E-state index in [0.717, 1.165) is 0 Å². The van der Waals surface area contributed by atoms with Crippen molar-refractivity contribution in [3.63, 3.8) is 0 Å². The molecule has 7 nitrogen and oxygen atoms in total. The van der Waals surface area contributed by atoms with Gasteiger partial charge in [-0.05, 0) is 33.1 Å². The highest BCUT2D eigenvalue weighted by molar-refractivity contribution is 5.85. The van der Waals surface area contributed by atoms with Gasteiger partial charge in [-0.2, -0.15) is 0 Å². The average molecular weight is 356 g/mol. The molecule has 0 aliphatic carbocycles. The quantitative estimate of drug-likeness (QED) is 0.836. The topological polar surface area (TPSA) is 77.1 Å². The number of alkyl carbamates (subject to hydrolysis) is 1. The second-order valence-corrected chi connectivity index (χ2v) is 8.26. The van der Waals surface area contributed by atoms with E-state index >= 15 is 0 Å². The van der Waals surface area contributed by atoms with E-state index in [1.54, 1.807) is 25.7 Å². The molecule has 0 aromatic carbocycles. The van der Waals surface area contributed by atoms with E-state index in [1.807, 2.05) is 13.8 Å². The number of likely N-dealkylation sites (tertiary alicyclic amines) is 1. The Bertz CT molecular complexity index is 470. The summed E-state index contributed by atoms with van der Waals surface area (Å²) in [5, 5.41) is 2.75. The van der Waals surface area contributed by atoms with Crippen LogP contribution in [0.25, 0.3) is 0 Å². The van der Waals surface area contributed by atoms with Crippen molar-refractivity contribution in [3.05, 3.63) is 0 Å². The number of rotatable bonds is 4. The number of carbonyl (C=O) groups excluding carboxylic acids is 2. The van der Waals surface area contributed by atoms with E-state index in [2.05, 4.69) is 5.32 Å². The van der Waals surface area contributed by atoms with Crippen molar-refractivity contribution in [2.24, 2.45) is 5.92 Å². The third-order valence-electron chi connectivity index (χ3n) is 4.35. The van der Waals surface area contributed by atoms with Crippen LogP contribution in [-0.4, -0.2) is 60.6 Å². The monoisotopic (exact) mass is 356 g/mol. The van der Waals surface area contributed by atoms with E-state index in [4.69, 9.17) is 14.2 Å². The Morgan fingerprint density at radius 1 is 1.16 bits per heavy atom. The molecule has 0 unspecified atom stereocenters. The van der Waals surface area contributed by atoms with E-state index in [0.29, 0.717) is 45.6 Å². The highest BCUT2D eigenvalue weighted by Gasteiger charge is 2.42. The van der Waals surface area contributed by atoms with Gasteiger partial charge in [-0.1, -0.05) is 13.8 Å². The third kappa shape index (κ3) is 5.85. The zero-order valence-electron chi connectivity index (χ0n) is 16.1. The van der Waals surface area contributed by atoms with Gasteiger partial charge in [0.15, 0.2) is 5.79 Å². The van der Waals surface area contributed by atoms with Gasteiger partial charge in [0, 0.05) is 25.9 Å². The SMILES string of the molecule is CC(C)C[C@H](NC(=O)OC(C)(C)C)C(=O)N1CCC2(CC1)OCCO2. The van der Waals surface area contributed by atoms with Crippen LogP contribution in [0.1, 0.15) is 53.9 Å². The maximum Gasteiger partial charge on any atom is 0.408 e. The lowest BCUT2D eigenvalue weighted by Gasteiger charge is -2.39. The summed E-state index contributed by atoms with van der Waals surface area (Å²) >= 11 is 0. The minimum atomic E-state index is -0.593. The Morgan fingerprint density at radius 2 is 1.72 bits per heavy atom. The fourth-order valence-corrected chi connectivity index (χ4v) is 3.22. The molecule has 1 atom stereocenters. The first-order chi connectivity index (χ1) is 11.6. The predicted octanol–water partition coefficient (Wildman–Crippen LogP) is 2.29. The summed E-state index contributed by atoms with van der Waals surface area (Å²) in [4.78, 5) is 26.8. The van der Waals surface area contributed by atoms with Crippen LogP contribution in [0, 0.1) is 5.92 Å². The number of hydrogen-bond acceptors (Lipinski definition) is 5. The zero-order chi connectivity index (χ0) is 18.7. The van der Waals surface area contributed by atoms with Crippen LogP contribution >= 0.6 is 0 Å². The highest BCUT2D eigenvalue weighted by atomic mass is 16.7. The van der Waals surface area contributed by atoms with Crippen LogP contribution in [0.5, 0.6) is 0 Å². The largest absolute Gasteiger partial charge is 0.444 e. The van der Waals surface area contributed by atoms with Gasteiger partial charge in [0.25, 0.3) is 0 Å². The lowest BCUT2D eigenvalue weighted by Crippen LogP contribution is -2.54. The van der Waals surface area contributed by atoms with Gasteiger partial charge < -0.3 is 24.4 Å². The molecule has 0 bridgehead atoms. The van der Waals surface area contributed by atoms with Crippen LogP contribution < -0.4 is 5.32 Å². The Hall–Kier alpha value is -1.34. The molecule has 25 heavy (non-hydrogen) atoms. The predicted molar refractivity (Wildman–Crippen MR) is 93.1 cm³/mol. The van der Waals surface area contributed by atoms with Gasteiger partial charge in [0.2, 0.25) is 5.91 Å². The number of nitrogens with one attached hydrogen (secondary N) is 1. The van der Waals surface area contributed by atoms with Crippen LogP contribution in [0.4, 0.5) is 4.79 Å². The summed E-state index contributed by atoms with van der Waals surface area (Å²) in [7, 11) is 0. The van der Waals surface area contributed by atoms with Crippen molar-refractivity contribution >= 4 is 12.0 Å². The van der Waals surface area contributed by atoms with Crippen molar-refractivity contribution in [3.8, 4) is 0 Å². The average Bonchev–Trinajstić information content (AvgIpc) is 2.92. The molecule has 7 heteroatoms. The molecule has 0 aromatic rings. The number of amides is 2. The summed E-state index contributed by atoms with van der Waals surface area (Å²) in [5.41, 5.74) is -0.593. The second kappa shape index (κ2) is 7.91. The molecule has 2 saturated heterocycles. The Labute approximate surface area is 150 Å². The fraction of sp³-hybridized carbons (Fsp3) is 0.889. The Morgan fingerprint density at radius 3 is 2.20 bits per heavy atom. The summed E-state index contributed by atoms with van der Waals surface area (Å²) < 4.78 is 16.7. The van der Waals surface area contributed by atoms with Crippen molar-refractivity contribution in [2.75, 3.05) is 26.3 Å². The first kappa shape index (κ1) is 20.0. The first-order valence-electron chi connectivity index (χ1n) is 9.16. The molecule has 144 valence electrons. The van der Waals surface area contributed by atoms with E-state index < -0.39 is 23.5 Å². The molecule has 2 rings (SSSR count). The van der Waals surface area contributed by atoms with Gasteiger partial charge >= 0.3 is 6.09 Å². The number of nitrogens with zero attached hydrogens (tertiary/aromatic N) is 1. The van der Waals surface area contributed by atoms with E-state index in [-0.39, 0.29) is 11.8 Å². The molecule has 2 fully saturated rings. The molecule has 0 radical (unpaired) electrons. The first-order valence-corrected chi connectivity index (χ1v) is 9.16. The maximum absolute atomic E-state index is 12.9. The summed E-state index contributed by atoms with van der Waals surface area (Å²) in [6, 6.07) is -0.575. The van der Waals surface area contributed by atoms with Gasteiger partial charge in [-0.15, -0.1) is 0 Å². The molecule has 2 aliphatic rings. The van der Waals surface area contributed by atoms with Gasteiger partial charge in [0.05, 0.1) is 13.2 Å². The molecular weight excluding hydrogens is 324 g/mol. The molecular formula is C18H32N2O5. The standard InChI is InChI=1S/C18H32N2O5/c1-13(2)12-14(19-16(22)25-17(3,4)5)15(21)20-8-6-18(7-9-20)23-10-11-24-18/h13-14H,6-12H2,1-5H3,(H,19,22)/t14-/m0/s1. The Kier molecular flexibility index (Phi) is 6.32. The smallest absolute Gasteiger partial charge is 0.408 e. The van der Waals surface area contributed by atoms with Crippen molar-refractivity contribution in [2.45, 2.75) is 71.3 Å². The zero-order valence-corrected chi connectivity index (χ0v) is 16.1. The van der Waals surface area contributed by atoms with E-state index in [9.17, 15) is 9.59 Å². The number of hydrogen-bond donors (Lipinski definition) is 1. The number of ether oxygens (including phenoxy) is 3. The lowest BCUT2D eigenvalue weighted by atomic mass is 9.99. The van der Waals surface area contributed by atoms with Gasteiger partial charge in [-0.25, -0.2) is 4.79 Å². The summed E-state index contributed by atoms with van der Waals surface area (Å²) in [6.45, 7) is 11.8. The summed E-state index contributed by atoms with van der Waals surface area (Å²) in [5.74, 6) is -0.294. The van der Waals surface area contributed by atoms with Crippen molar-refractivity contribution < 1.29 is 23.8 Å². The third-order valence-corrected chi connectivity index (χ3v) is 4.35. The highest BCUT2D eigenvalue weighted by Crippen LogP contribution is 2.31. The molecule has 1 spiro atoms. The Balaban J connectivity index is 1.94. The van der Waals surface area contributed by atoms with Crippen LogP contribution in [-0.2, 0) is 19.0 Å². The van der Waals surface area contributed by atoms with Gasteiger partial charge in [-0.3, -0.25) is 4.79 Å². The molecule has 0 aromatic heterocycles. The fourth-order valence-electron chi connectivity index (χ4n) is 3.22. The maximum atomic E-state index is 12.9. The van der Waals surface area contributed by atoms with Crippen molar-refractivity contribution in [1.82, 2.24) is 10.2 Å². The second-order valence-electron chi connectivity index (χ2n) is 8.26. The summed E-state index contributed by atoms with van der Waals surface area (Å²) in [6.07, 6.45) is 1.36. The normalized spacial score (nSPS) is 21.4. The van der Waals surface area contributed by atoms with E-state index in [1.165, 1.54) is 0 Å². The molecule has 2 amide bonds.